The van der Waals surface area contributed by atoms with Crippen LogP contribution in [0.4, 0.5) is 5.69 Å². The van der Waals surface area contributed by atoms with E-state index >= 15 is 0 Å². The largest absolute Gasteiger partial charge is 0.385 e. The molecule has 1 aromatic rings. The van der Waals surface area contributed by atoms with E-state index in [4.69, 9.17) is 0 Å². The maximum atomic E-state index is 12.5. The highest BCUT2D eigenvalue weighted by Gasteiger charge is 2.35. The van der Waals surface area contributed by atoms with Crippen molar-refractivity contribution in [2.24, 2.45) is 0 Å². The van der Waals surface area contributed by atoms with Crippen LogP contribution in [0.1, 0.15) is 50.9 Å². The topological polar surface area (TPSA) is 52.6 Å². The van der Waals surface area contributed by atoms with Crippen molar-refractivity contribution in [1.82, 2.24) is 4.90 Å². The van der Waals surface area contributed by atoms with E-state index < -0.39 is 5.72 Å². The minimum atomic E-state index is -1.46. The van der Waals surface area contributed by atoms with Gasteiger partial charge >= 0.3 is 0 Å². The zero-order valence-electron chi connectivity index (χ0n) is 13.6. The Bertz CT molecular complexity index is 437. The summed E-state index contributed by atoms with van der Waals surface area (Å²) in [4.78, 5) is 14.2. The second kappa shape index (κ2) is 8.15. The van der Waals surface area contributed by atoms with Gasteiger partial charge in [0.2, 0.25) is 5.78 Å². The molecule has 0 saturated heterocycles. The predicted molar refractivity (Wildman–Crippen MR) is 87.7 cm³/mol. The molecule has 0 heterocycles. The van der Waals surface area contributed by atoms with E-state index in [-0.39, 0.29) is 5.78 Å². The van der Waals surface area contributed by atoms with Gasteiger partial charge in [-0.05, 0) is 50.7 Å². The van der Waals surface area contributed by atoms with E-state index in [1.54, 1.807) is 24.0 Å². The van der Waals surface area contributed by atoms with Crippen LogP contribution in [-0.4, -0.2) is 41.1 Å². The third-order valence-corrected chi connectivity index (χ3v) is 3.82. The summed E-state index contributed by atoms with van der Waals surface area (Å²) in [5.74, 6) is -0.258. The number of ketones is 1. The first-order valence-electron chi connectivity index (χ1n) is 7.83. The molecular formula is C17H28N2O2. The normalized spacial score (nSPS) is 14.0. The monoisotopic (exact) mass is 292 g/mol. The van der Waals surface area contributed by atoms with Gasteiger partial charge < -0.3 is 10.4 Å². The molecule has 4 nitrogen and oxygen atoms in total. The molecule has 0 amide bonds. The van der Waals surface area contributed by atoms with Crippen molar-refractivity contribution in [2.75, 3.05) is 25.0 Å². The molecule has 0 saturated carbocycles. The van der Waals surface area contributed by atoms with Crippen LogP contribution in [0.15, 0.2) is 24.3 Å². The number of rotatable bonds is 9. The van der Waals surface area contributed by atoms with E-state index in [9.17, 15) is 9.90 Å². The number of carbonyl (C=O) groups excluding carboxylic acids is 1. The standard InChI is InChI=1S/C17H28N2O2/c1-5-8-13-18-15-11-9-14(10-12-15)16(20)17(4,21)19(6-2)7-3/h9-12,18,21H,5-8,13H2,1-4H3. The van der Waals surface area contributed by atoms with Gasteiger partial charge in [0.1, 0.15) is 0 Å². The van der Waals surface area contributed by atoms with Crippen LogP contribution in [0.5, 0.6) is 0 Å². The molecule has 21 heavy (non-hydrogen) atoms. The van der Waals surface area contributed by atoms with Crippen LogP contribution < -0.4 is 5.32 Å². The maximum Gasteiger partial charge on any atom is 0.209 e. The second-order valence-corrected chi connectivity index (χ2v) is 5.38. The van der Waals surface area contributed by atoms with Crippen LogP contribution in [0.25, 0.3) is 0 Å². The predicted octanol–water partition coefficient (Wildman–Crippen LogP) is 3.13. The van der Waals surface area contributed by atoms with Gasteiger partial charge in [-0.3, -0.25) is 9.69 Å². The molecule has 0 aliphatic heterocycles. The third kappa shape index (κ3) is 4.55. The molecule has 4 heteroatoms. The van der Waals surface area contributed by atoms with Gasteiger partial charge in [-0.15, -0.1) is 0 Å². The summed E-state index contributed by atoms with van der Waals surface area (Å²) in [6.07, 6.45) is 2.27. The van der Waals surface area contributed by atoms with E-state index in [0.29, 0.717) is 18.7 Å². The minimum absolute atomic E-state index is 0.258. The Balaban J connectivity index is 2.78. The summed E-state index contributed by atoms with van der Waals surface area (Å²) in [5.41, 5.74) is 0.0797. The Hall–Kier alpha value is -1.39. The van der Waals surface area contributed by atoms with Crippen molar-refractivity contribution in [3.05, 3.63) is 29.8 Å². The summed E-state index contributed by atoms with van der Waals surface area (Å²) in [6, 6.07) is 7.32. The molecule has 0 bridgehead atoms. The van der Waals surface area contributed by atoms with E-state index in [0.717, 1.165) is 25.1 Å². The summed E-state index contributed by atoms with van der Waals surface area (Å²) in [7, 11) is 0. The molecule has 1 unspecified atom stereocenters. The first-order chi connectivity index (χ1) is 9.97. The molecule has 118 valence electrons. The molecule has 0 aliphatic carbocycles. The van der Waals surface area contributed by atoms with Crippen molar-refractivity contribution < 1.29 is 9.90 Å². The number of nitrogens with one attached hydrogen (secondary N) is 1. The molecule has 0 spiro atoms. The molecule has 0 aromatic heterocycles. The lowest BCUT2D eigenvalue weighted by atomic mass is 10.0. The van der Waals surface area contributed by atoms with Crippen molar-refractivity contribution in [1.29, 1.82) is 0 Å². The molecule has 0 radical (unpaired) electrons. The highest BCUT2D eigenvalue weighted by molar-refractivity contribution is 6.01. The summed E-state index contributed by atoms with van der Waals surface area (Å²) in [5, 5.41) is 13.8. The molecule has 0 aliphatic rings. The number of benzene rings is 1. The number of unbranched alkanes of at least 4 members (excludes halogenated alkanes) is 1. The number of aliphatic hydroxyl groups is 1. The Morgan fingerprint density at radius 2 is 1.76 bits per heavy atom. The van der Waals surface area contributed by atoms with Gasteiger partial charge in [0.15, 0.2) is 5.72 Å². The van der Waals surface area contributed by atoms with Crippen LogP contribution >= 0.6 is 0 Å². The highest BCUT2D eigenvalue weighted by Crippen LogP contribution is 2.19. The van der Waals surface area contributed by atoms with Gasteiger partial charge in [0.05, 0.1) is 0 Å². The number of likely N-dealkylation sites (N-methyl/N-ethyl adjacent to an activating group) is 1. The molecule has 1 aromatic carbocycles. The van der Waals surface area contributed by atoms with Crippen molar-refractivity contribution in [2.45, 2.75) is 46.3 Å². The van der Waals surface area contributed by atoms with Crippen LogP contribution in [0, 0.1) is 0 Å². The van der Waals surface area contributed by atoms with Crippen molar-refractivity contribution >= 4 is 11.5 Å². The summed E-state index contributed by atoms with van der Waals surface area (Å²) in [6.45, 7) is 9.78. The third-order valence-electron chi connectivity index (χ3n) is 3.82. The fraction of sp³-hybridized carbons (Fsp3) is 0.588. The highest BCUT2D eigenvalue weighted by atomic mass is 16.3. The Morgan fingerprint density at radius 3 is 2.24 bits per heavy atom. The van der Waals surface area contributed by atoms with E-state index in [2.05, 4.69) is 12.2 Å². The summed E-state index contributed by atoms with van der Waals surface area (Å²) >= 11 is 0. The van der Waals surface area contributed by atoms with Gasteiger partial charge in [0.25, 0.3) is 0 Å². The lowest BCUT2D eigenvalue weighted by molar-refractivity contribution is -0.0589. The van der Waals surface area contributed by atoms with E-state index in [1.807, 2.05) is 26.0 Å². The van der Waals surface area contributed by atoms with Crippen LogP contribution in [0.3, 0.4) is 0 Å². The zero-order valence-corrected chi connectivity index (χ0v) is 13.6. The Kier molecular flexibility index (Phi) is 6.85. The van der Waals surface area contributed by atoms with Crippen LogP contribution in [-0.2, 0) is 0 Å². The number of Topliss-reactive ketones (excluding diaryl/α,β-unsaturated/α-hetero) is 1. The van der Waals surface area contributed by atoms with Crippen LogP contribution in [0.2, 0.25) is 0 Å². The van der Waals surface area contributed by atoms with Gasteiger partial charge in [-0.2, -0.15) is 0 Å². The lowest BCUT2D eigenvalue weighted by Crippen LogP contribution is -2.52. The molecule has 2 N–H and O–H groups in total. The Morgan fingerprint density at radius 1 is 1.19 bits per heavy atom. The first-order valence-corrected chi connectivity index (χ1v) is 7.83. The number of hydrogen-bond donors (Lipinski definition) is 2. The quantitative estimate of drug-likeness (QED) is 0.417. The van der Waals surface area contributed by atoms with E-state index in [1.165, 1.54) is 0 Å². The fourth-order valence-electron chi connectivity index (χ4n) is 2.41. The fourth-order valence-corrected chi connectivity index (χ4v) is 2.41. The minimum Gasteiger partial charge on any atom is -0.385 e. The summed E-state index contributed by atoms with van der Waals surface area (Å²) < 4.78 is 0. The average molecular weight is 292 g/mol. The van der Waals surface area contributed by atoms with Gasteiger partial charge in [0, 0.05) is 17.8 Å². The van der Waals surface area contributed by atoms with Gasteiger partial charge in [-0.1, -0.05) is 27.2 Å². The smallest absolute Gasteiger partial charge is 0.209 e. The zero-order chi connectivity index (χ0) is 15.9. The van der Waals surface area contributed by atoms with Crippen molar-refractivity contribution in [3.63, 3.8) is 0 Å². The number of anilines is 1. The maximum absolute atomic E-state index is 12.5. The second-order valence-electron chi connectivity index (χ2n) is 5.38. The first kappa shape index (κ1) is 17.7. The van der Waals surface area contributed by atoms with Crippen molar-refractivity contribution in [3.8, 4) is 0 Å². The number of carbonyl (C=O) groups is 1. The van der Waals surface area contributed by atoms with Gasteiger partial charge in [-0.25, -0.2) is 0 Å². The molecular weight excluding hydrogens is 264 g/mol. The number of hydrogen-bond acceptors (Lipinski definition) is 4. The average Bonchev–Trinajstić information content (AvgIpc) is 2.48. The Labute approximate surface area is 128 Å². The SMILES string of the molecule is CCCCNc1ccc(C(=O)C(C)(O)N(CC)CC)cc1. The number of nitrogens with zero attached hydrogens (tertiary/aromatic N) is 1. The molecule has 0 fully saturated rings. The molecule has 1 rings (SSSR count). The lowest BCUT2D eigenvalue weighted by Gasteiger charge is -2.34. The molecule has 1 atom stereocenters.